The van der Waals surface area contributed by atoms with Gasteiger partial charge in [-0.1, -0.05) is 51.2 Å². The van der Waals surface area contributed by atoms with Crippen LogP contribution in [0.2, 0.25) is 0 Å². The fraction of sp³-hybridized carbons (Fsp3) is 0.278. The molecule has 0 atom stereocenters. The molecule has 4 aromatic rings. The molecule has 240 valence electrons. The summed E-state index contributed by atoms with van der Waals surface area (Å²) >= 11 is 0. The monoisotopic (exact) mass is 626 g/mol. The van der Waals surface area contributed by atoms with E-state index in [-0.39, 0.29) is 13.2 Å². The standard InChI is InChI=1S/C36H39BO9/c1-2-3-4-5-6-7-24-42-30-14-8-27(9-15-30)35(38)45-33-20-22-34(23-21-33)46-36(39)28-10-16-31(17-11-28)43-25-26-44-32-18-12-29(13-19-32)37(40)41/h8-23,40-41H,2-7,24-26H2,1H3. The summed E-state index contributed by atoms with van der Waals surface area (Å²) in [7, 11) is -1.52. The molecular formula is C36H39BO9. The molecule has 0 aliphatic carbocycles. The zero-order valence-electron chi connectivity index (χ0n) is 25.9. The van der Waals surface area contributed by atoms with Gasteiger partial charge in [-0.15, -0.1) is 0 Å². The number of ether oxygens (including phenoxy) is 5. The van der Waals surface area contributed by atoms with Crippen molar-refractivity contribution in [2.45, 2.75) is 45.4 Å². The van der Waals surface area contributed by atoms with Gasteiger partial charge in [0.1, 0.15) is 42.0 Å². The highest BCUT2D eigenvalue weighted by atomic mass is 16.5. The van der Waals surface area contributed by atoms with Crippen LogP contribution in [0.15, 0.2) is 97.1 Å². The molecule has 0 aromatic heterocycles. The van der Waals surface area contributed by atoms with E-state index >= 15 is 0 Å². The molecule has 4 aromatic carbocycles. The highest BCUT2D eigenvalue weighted by Crippen LogP contribution is 2.22. The van der Waals surface area contributed by atoms with Gasteiger partial charge in [0.15, 0.2) is 0 Å². The van der Waals surface area contributed by atoms with Gasteiger partial charge in [0.25, 0.3) is 0 Å². The van der Waals surface area contributed by atoms with Gasteiger partial charge in [-0.2, -0.15) is 0 Å². The number of unbranched alkanes of at least 4 members (excludes halogenated alkanes) is 5. The van der Waals surface area contributed by atoms with Crippen LogP contribution in [0.3, 0.4) is 0 Å². The van der Waals surface area contributed by atoms with Gasteiger partial charge >= 0.3 is 19.1 Å². The number of hydrogen-bond acceptors (Lipinski definition) is 9. The first-order chi connectivity index (χ1) is 22.4. The third-order valence-electron chi connectivity index (χ3n) is 6.99. The average molecular weight is 627 g/mol. The predicted octanol–water partition coefficient (Wildman–Crippen LogP) is 6.00. The Morgan fingerprint density at radius 2 is 0.870 bits per heavy atom. The van der Waals surface area contributed by atoms with Gasteiger partial charge in [-0.3, -0.25) is 0 Å². The average Bonchev–Trinajstić information content (AvgIpc) is 3.08. The summed E-state index contributed by atoms with van der Waals surface area (Å²) < 4.78 is 27.9. The number of benzene rings is 4. The van der Waals surface area contributed by atoms with E-state index in [9.17, 15) is 9.59 Å². The molecule has 0 aliphatic rings. The molecule has 0 unspecified atom stereocenters. The van der Waals surface area contributed by atoms with Crippen LogP contribution in [0.5, 0.6) is 28.7 Å². The molecule has 0 saturated heterocycles. The molecule has 2 N–H and O–H groups in total. The van der Waals surface area contributed by atoms with E-state index in [1.807, 2.05) is 0 Å². The van der Waals surface area contributed by atoms with Crippen LogP contribution in [0.25, 0.3) is 0 Å². The summed E-state index contributed by atoms with van der Waals surface area (Å²) in [6.45, 7) is 3.40. The summed E-state index contributed by atoms with van der Waals surface area (Å²) in [5.41, 5.74) is 1.12. The molecule has 0 bridgehead atoms. The van der Waals surface area contributed by atoms with Crippen molar-refractivity contribution in [3.05, 3.63) is 108 Å². The third kappa shape index (κ3) is 11.3. The van der Waals surface area contributed by atoms with Crippen molar-refractivity contribution in [2.24, 2.45) is 0 Å². The Labute approximate surface area is 269 Å². The normalized spacial score (nSPS) is 10.6. The minimum atomic E-state index is -1.52. The van der Waals surface area contributed by atoms with Gasteiger partial charge in [-0.25, -0.2) is 9.59 Å². The number of hydrogen-bond donors (Lipinski definition) is 2. The first kappa shape index (κ1) is 34.1. The zero-order valence-corrected chi connectivity index (χ0v) is 25.9. The second-order valence-corrected chi connectivity index (χ2v) is 10.6. The molecule has 0 heterocycles. The van der Waals surface area contributed by atoms with Crippen molar-refractivity contribution in [2.75, 3.05) is 19.8 Å². The Hall–Kier alpha value is -4.80. The molecule has 9 nitrogen and oxygen atoms in total. The quantitative estimate of drug-likeness (QED) is 0.0593. The molecule has 4 rings (SSSR count). The summed E-state index contributed by atoms with van der Waals surface area (Å²) in [5.74, 6) is 1.42. The number of carbonyl (C=O) groups is 2. The van der Waals surface area contributed by atoms with Crippen molar-refractivity contribution in [3.8, 4) is 28.7 Å². The van der Waals surface area contributed by atoms with Crippen molar-refractivity contribution in [3.63, 3.8) is 0 Å². The lowest BCUT2D eigenvalue weighted by Gasteiger charge is -2.10. The van der Waals surface area contributed by atoms with E-state index in [0.29, 0.717) is 51.9 Å². The van der Waals surface area contributed by atoms with E-state index < -0.39 is 19.1 Å². The summed E-state index contributed by atoms with van der Waals surface area (Å²) in [6, 6.07) is 26.0. The molecule has 0 radical (unpaired) electrons. The fourth-order valence-corrected chi connectivity index (χ4v) is 4.41. The minimum absolute atomic E-state index is 0.268. The Bertz CT molecular complexity index is 1490. The molecule has 10 heteroatoms. The summed E-state index contributed by atoms with van der Waals surface area (Å²) in [4.78, 5) is 25.2. The Kier molecular flexibility index (Phi) is 13.5. The van der Waals surface area contributed by atoms with Crippen LogP contribution < -0.4 is 29.1 Å². The van der Waals surface area contributed by atoms with Crippen LogP contribution in [0.1, 0.15) is 66.2 Å². The highest BCUT2D eigenvalue weighted by molar-refractivity contribution is 6.58. The van der Waals surface area contributed by atoms with Crippen LogP contribution in [0.4, 0.5) is 0 Å². The largest absolute Gasteiger partial charge is 0.494 e. The molecule has 0 saturated carbocycles. The number of esters is 2. The maximum Gasteiger partial charge on any atom is 0.488 e. The predicted molar refractivity (Wildman–Crippen MR) is 175 cm³/mol. The van der Waals surface area contributed by atoms with Crippen LogP contribution in [0, 0.1) is 0 Å². The first-order valence-corrected chi connectivity index (χ1v) is 15.5. The Morgan fingerprint density at radius 3 is 1.30 bits per heavy atom. The molecule has 0 spiro atoms. The van der Waals surface area contributed by atoms with E-state index in [2.05, 4.69) is 6.92 Å². The van der Waals surface area contributed by atoms with Gasteiger partial charge in [0.2, 0.25) is 0 Å². The van der Waals surface area contributed by atoms with Crippen LogP contribution in [-0.4, -0.2) is 48.9 Å². The molecule has 0 aliphatic heterocycles. The number of rotatable bonds is 18. The zero-order chi connectivity index (χ0) is 32.6. The van der Waals surface area contributed by atoms with Gasteiger partial charge in [0.05, 0.1) is 17.7 Å². The van der Waals surface area contributed by atoms with Crippen molar-refractivity contribution >= 4 is 24.5 Å². The van der Waals surface area contributed by atoms with Crippen LogP contribution >= 0.6 is 0 Å². The number of carbonyl (C=O) groups excluding carboxylic acids is 2. The topological polar surface area (TPSA) is 121 Å². The maximum atomic E-state index is 12.6. The van der Waals surface area contributed by atoms with Gasteiger partial charge in [-0.05, 0) is 96.8 Å². The van der Waals surface area contributed by atoms with E-state index in [1.54, 1.807) is 97.1 Å². The first-order valence-electron chi connectivity index (χ1n) is 15.5. The SMILES string of the molecule is CCCCCCCCOc1ccc(C(=O)Oc2ccc(OC(=O)c3ccc(OCCOc4ccc(B(O)O)cc4)cc3)cc2)cc1. The molecule has 0 amide bonds. The van der Waals surface area contributed by atoms with Crippen molar-refractivity contribution in [1.29, 1.82) is 0 Å². The third-order valence-corrected chi connectivity index (χ3v) is 6.99. The summed E-state index contributed by atoms with van der Waals surface area (Å²) in [6.07, 6.45) is 7.18. The van der Waals surface area contributed by atoms with Crippen LogP contribution in [-0.2, 0) is 0 Å². The Morgan fingerprint density at radius 1 is 0.500 bits per heavy atom. The lowest BCUT2D eigenvalue weighted by Crippen LogP contribution is -2.29. The maximum absolute atomic E-state index is 12.6. The highest BCUT2D eigenvalue weighted by Gasteiger charge is 2.12. The molecule has 46 heavy (non-hydrogen) atoms. The lowest BCUT2D eigenvalue weighted by molar-refractivity contribution is 0.0719. The van der Waals surface area contributed by atoms with Crippen molar-refractivity contribution < 1.29 is 43.3 Å². The Balaban J connectivity index is 1.15. The minimum Gasteiger partial charge on any atom is -0.494 e. The molecule has 0 fully saturated rings. The van der Waals surface area contributed by atoms with Gasteiger partial charge < -0.3 is 33.7 Å². The smallest absolute Gasteiger partial charge is 0.488 e. The van der Waals surface area contributed by atoms with E-state index in [1.165, 1.54) is 25.7 Å². The van der Waals surface area contributed by atoms with Gasteiger partial charge in [0, 0.05) is 0 Å². The van der Waals surface area contributed by atoms with E-state index in [0.717, 1.165) is 12.8 Å². The van der Waals surface area contributed by atoms with E-state index in [4.69, 9.17) is 33.7 Å². The lowest BCUT2D eigenvalue weighted by atomic mass is 9.80. The second kappa shape index (κ2) is 18.2. The molecular weight excluding hydrogens is 587 g/mol. The second-order valence-electron chi connectivity index (χ2n) is 10.6. The summed E-state index contributed by atoms with van der Waals surface area (Å²) in [5, 5.41) is 18.3. The fourth-order valence-electron chi connectivity index (χ4n) is 4.41. The van der Waals surface area contributed by atoms with Crippen molar-refractivity contribution in [1.82, 2.24) is 0 Å².